The number of hydrogen-bond donors (Lipinski definition) is 1. The van der Waals surface area contributed by atoms with E-state index in [0.29, 0.717) is 5.82 Å². The standard InChI is InChI=1S/C16H22N2O2/c1-3-5-6-9-18-14-8-7-12(4-2)10-13(14)17-15(18)11-16(19)20/h7-8,10H,3-6,9,11H2,1-2H3,(H,19,20). The number of fused-ring (bicyclic) bond motifs is 1. The van der Waals surface area contributed by atoms with Crippen LogP contribution in [-0.2, 0) is 24.2 Å². The zero-order chi connectivity index (χ0) is 14.5. The van der Waals surface area contributed by atoms with E-state index < -0.39 is 5.97 Å². The molecular formula is C16H22N2O2. The van der Waals surface area contributed by atoms with Crippen LogP contribution in [0.2, 0.25) is 0 Å². The van der Waals surface area contributed by atoms with Crippen molar-refractivity contribution in [1.29, 1.82) is 0 Å². The van der Waals surface area contributed by atoms with Gasteiger partial charge in [-0.25, -0.2) is 4.98 Å². The largest absolute Gasteiger partial charge is 0.481 e. The summed E-state index contributed by atoms with van der Waals surface area (Å²) in [7, 11) is 0. The molecule has 0 aliphatic rings. The number of unbranched alkanes of at least 4 members (excludes halogenated alkanes) is 2. The van der Waals surface area contributed by atoms with E-state index in [1.165, 1.54) is 5.56 Å². The lowest BCUT2D eigenvalue weighted by Gasteiger charge is -2.07. The third-order valence-corrected chi connectivity index (χ3v) is 3.59. The lowest BCUT2D eigenvalue weighted by molar-refractivity contribution is -0.136. The highest BCUT2D eigenvalue weighted by Gasteiger charge is 2.13. The predicted octanol–water partition coefficient (Wildman–Crippen LogP) is 3.42. The number of benzene rings is 1. The van der Waals surface area contributed by atoms with Crippen LogP contribution in [0.1, 0.15) is 44.5 Å². The molecule has 0 saturated carbocycles. The number of carbonyl (C=O) groups is 1. The van der Waals surface area contributed by atoms with E-state index >= 15 is 0 Å². The van der Waals surface area contributed by atoms with Gasteiger partial charge in [-0.3, -0.25) is 4.79 Å². The molecular weight excluding hydrogens is 252 g/mol. The molecule has 0 unspecified atom stereocenters. The quantitative estimate of drug-likeness (QED) is 0.787. The average molecular weight is 274 g/mol. The van der Waals surface area contributed by atoms with E-state index in [4.69, 9.17) is 5.11 Å². The van der Waals surface area contributed by atoms with Gasteiger partial charge in [0.15, 0.2) is 0 Å². The minimum Gasteiger partial charge on any atom is -0.481 e. The van der Waals surface area contributed by atoms with Crippen LogP contribution in [0, 0.1) is 0 Å². The number of rotatable bonds is 7. The van der Waals surface area contributed by atoms with E-state index in [-0.39, 0.29) is 6.42 Å². The summed E-state index contributed by atoms with van der Waals surface area (Å²) in [4.78, 5) is 15.5. The highest BCUT2D eigenvalue weighted by Crippen LogP contribution is 2.20. The summed E-state index contributed by atoms with van der Waals surface area (Å²) in [6.45, 7) is 5.12. The van der Waals surface area contributed by atoms with Crippen LogP contribution in [0.15, 0.2) is 18.2 Å². The van der Waals surface area contributed by atoms with Gasteiger partial charge in [0.2, 0.25) is 0 Å². The minimum absolute atomic E-state index is 0.0116. The second-order valence-electron chi connectivity index (χ2n) is 5.13. The van der Waals surface area contributed by atoms with Gasteiger partial charge in [-0.15, -0.1) is 0 Å². The van der Waals surface area contributed by atoms with Crippen molar-refractivity contribution < 1.29 is 9.90 Å². The third-order valence-electron chi connectivity index (χ3n) is 3.59. The van der Waals surface area contributed by atoms with Crippen molar-refractivity contribution in [2.75, 3.05) is 0 Å². The maximum atomic E-state index is 11.0. The first-order chi connectivity index (χ1) is 9.65. The van der Waals surface area contributed by atoms with Crippen molar-refractivity contribution in [2.45, 2.75) is 52.5 Å². The molecule has 0 spiro atoms. The zero-order valence-electron chi connectivity index (χ0n) is 12.2. The smallest absolute Gasteiger partial charge is 0.311 e. The summed E-state index contributed by atoms with van der Waals surface area (Å²) in [6.07, 6.45) is 4.32. The summed E-state index contributed by atoms with van der Waals surface area (Å²) in [5.74, 6) is -0.162. The lowest BCUT2D eigenvalue weighted by Crippen LogP contribution is -2.09. The molecule has 0 atom stereocenters. The molecule has 2 aromatic rings. The van der Waals surface area contributed by atoms with Gasteiger partial charge >= 0.3 is 5.97 Å². The molecule has 1 aromatic carbocycles. The Morgan fingerprint density at radius 3 is 2.75 bits per heavy atom. The van der Waals surface area contributed by atoms with Crippen LogP contribution < -0.4 is 0 Å². The van der Waals surface area contributed by atoms with Crippen LogP contribution in [0.25, 0.3) is 11.0 Å². The van der Waals surface area contributed by atoms with Crippen molar-refractivity contribution >= 4 is 17.0 Å². The number of aryl methyl sites for hydroxylation is 2. The number of nitrogens with zero attached hydrogens (tertiary/aromatic N) is 2. The van der Waals surface area contributed by atoms with Gasteiger partial charge in [-0.1, -0.05) is 32.8 Å². The van der Waals surface area contributed by atoms with Crippen molar-refractivity contribution in [1.82, 2.24) is 9.55 Å². The molecule has 20 heavy (non-hydrogen) atoms. The Kier molecular flexibility index (Phi) is 4.77. The van der Waals surface area contributed by atoms with Crippen molar-refractivity contribution in [3.05, 3.63) is 29.6 Å². The Bertz CT molecular complexity index is 602. The molecule has 0 radical (unpaired) electrons. The van der Waals surface area contributed by atoms with Gasteiger partial charge in [0.05, 0.1) is 11.0 Å². The third kappa shape index (κ3) is 3.18. The highest BCUT2D eigenvalue weighted by molar-refractivity contribution is 5.78. The SMILES string of the molecule is CCCCCn1c(CC(=O)O)nc2cc(CC)ccc21. The number of hydrogen-bond acceptors (Lipinski definition) is 2. The van der Waals surface area contributed by atoms with E-state index in [1.807, 2.05) is 0 Å². The zero-order valence-corrected chi connectivity index (χ0v) is 12.2. The van der Waals surface area contributed by atoms with E-state index in [2.05, 4.69) is 41.6 Å². The number of imidazole rings is 1. The normalized spacial score (nSPS) is 11.1. The molecule has 0 saturated heterocycles. The summed E-state index contributed by atoms with van der Waals surface area (Å²) in [5, 5.41) is 9.04. The fraction of sp³-hybridized carbons (Fsp3) is 0.500. The molecule has 0 bridgehead atoms. The van der Waals surface area contributed by atoms with Crippen LogP contribution in [-0.4, -0.2) is 20.6 Å². The summed E-state index contributed by atoms with van der Waals surface area (Å²) < 4.78 is 2.07. The predicted molar refractivity (Wildman–Crippen MR) is 80.0 cm³/mol. The number of carboxylic acids is 1. The fourth-order valence-electron chi connectivity index (χ4n) is 2.48. The van der Waals surface area contributed by atoms with Crippen molar-refractivity contribution in [3.8, 4) is 0 Å². The van der Waals surface area contributed by atoms with E-state index in [9.17, 15) is 4.79 Å². The first-order valence-electron chi connectivity index (χ1n) is 7.35. The Labute approximate surface area is 119 Å². The van der Waals surface area contributed by atoms with Crippen LogP contribution in [0.4, 0.5) is 0 Å². The second kappa shape index (κ2) is 6.55. The molecule has 0 fully saturated rings. The minimum atomic E-state index is -0.826. The maximum Gasteiger partial charge on any atom is 0.311 e. The van der Waals surface area contributed by atoms with E-state index in [0.717, 1.165) is 43.3 Å². The Morgan fingerprint density at radius 2 is 2.10 bits per heavy atom. The molecule has 1 N–H and O–H groups in total. The maximum absolute atomic E-state index is 11.0. The van der Waals surface area contributed by atoms with E-state index in [1.54, 1.807) is 0 Å². The van der Waals surface area contributed by atoms with Crippen LogP contribution in [0.3, 0.4) is 0 Å². The van der Waals surface area contributed by atoms with Gasteiger partial charge < -0.3 is 9.67 Å². The molecule has 1 heterocycles. The Hall–Kier alpha value is -1.84. The van der Waals surface area contributed by atoms with Gasteiger partial charge in [0.25, 0.3) is 0 Å². The molecule has 0 aliphatic carbocycles. The first-order valence-corrected chi connectivity index (χ1v) is 7.35. The number of carboxylic acid groups (broad SMARTS) is 1. The second-order valence-corrected chi connectivity index (χ2v) is 5.13. The Balaban J connectivity index is 2.39. The average Bonchev–Trinajstić information content (AvgIpc) is 2.75. The first kappa shape index (κ1) is 14.6. The summed E-state index contributed by atoms with van der Waals surface area (Å²) in [5.41, 5.74) is 3.20. The highest BCUT2D eigenvalue weighted by atomic mass is 16.4. The van der Waals surface area contributed by atoms with Gasteiger partial charge in [0, 0.05) is 6.54 Å². The monoisotopic (exact) mass is 274 g/mol. The number of aliphatic carboxylic acids is 1. The fourth-order valence-corrected chi connectivity index (χ4v) is 2.48. The Morgan fingerprint density at radius 1 is 1.30 bits per heavy atom. The van der Waals surface area contributed by atoms with Crippen molar-refractivity contribution in [2.24, 2.45) is 0 Å². The van der Waals surface area contributed by atoms with Gasteiger partial charge in [-0.2, -0.15) is 0 Å². The van der Waals surface area contributed by atoms with Crippen molar-refractivity contribution in [3.63, 3.8) is 0 Å². The summed E-state index contributed by atoms with van der Waals surface area (Å²) in [6, 6.07) is 6.24. The lowest BCUT2D eigenvalue weighted by atomic mass is 10.1. The molecule has 4 nitrogen and oxygen atoms in total. The summed E-state index contributed by atoms with van der Waals surface area (Å²) >= 11 is 0. The molecule has 4 heteroatoms. The molecule has 1 aromatic heterocycles. The molecule has 108 valence electrons. The van der Waals surface area contributed by atoms with Gasteiger partial charge in [-0.05, 0) is 30.5 Å². The van der Waals surface area contributed by atoms with Crippen LogP contribution in [0.5, 0.6) is 0 Å². The molecule has 0 amide bonds. The molecule has 2 rings (SSSR count). The topological polar surface area (TPSA) is 55.1 Å². The molecule has 0 aliphatic heterocycles. The van der Waals surface area contributed by atoms with Gasteiger partial charge in [0.1, 0.15) is 12.2 Å². The number of aromatic nitrogens is 2. The van der Waals surface area contributed by atoms with Crippen LogP contribution >= 0.6 is 0 Å².